The van der Waals surface area contributed by atoms with Gasteiger partial charge in [0.2, 0.25) is 5.95 Å². The van der Waals surface area contributed by atoms with E-state index >= 15 is 0 Å². The van der Waals surface area contributed by atoms with E-state index in [1.807, 2.05) is 48.5 Å². The molecule has 0 unspecified atom stereocenters. The van der Waals surface area contributed by atoms with Gasteiger partial charge in [-0.05, 0) is 30.3 Å². The highest BCUT2D eigenvalue weighted by atomic mass is 16.5. The number of anilines is 3. The van der Waals surface area contributed by atoms with Crippen LogP contribution in [-0.2, 0) is 0 Å². The number of hydrogen-bond acceptors (Lipinski definition) is 6. The van der Waals surface area contributed by atoms with Gasteiger partial charge in [-0.1, -0.05) is 42.5 Å². The van der Waals surface area contributed by atoms with E-state index < -0.39 is 0 Å². The van der Waals surface area contributed by atoms with Gasteiger partial charge < -0.3 is 15.8 Å². The molecule has 0 radical (unpaired) electrons. The Balaban J connectivity index is 1.64. The number of nitrogens with two attached hydrogens (primary N) is 1. The van der Waals surface area contributed by atoms with Gasteiger partial charge in [-0.15, -0.1) is 0 Å². The molecule has 0 bridgehead atoms. The summed E-state index contributed by atoms with van der Waals surface area (Å²) in [5.41, 5.74) is 9.81. The number of rotatable bonds is 6. The van der Waals surface area contributed by atoms with Crippen LogP contribution in [0.3, 0.4) is 0 Å². The standard InChI is InChI=1S/C24H20N4O2/c1-30-19-9-5-8-18(15-19)27-24-26-13-12-22(28-24)17-10-11-21(25)20(14-17)23(29)16-6-3-2-4-7-16/h2-15H,25H2,1H3,(H,26,27,28). The van der Waals surface area contributed by atoms with Gasteiger partial charge in [0.1, 0.15) is 5.75 Å². The highest BCUT2D eigenvalue weighted by Gasteiger charge is 2.14. The largest absolute Gasteiger partial charge is 0.497 e. The van der Waals surface area contributed by atoms with Gasteiger partial charge in [0, 0.05) is 40.3 Å². The fourth-order valence-corrected chi connectivity index (χ4v) is 3.07. The second-order valence-electron chi connectivity index (χ2n) is 6.62. The topological polar surface area (TPSA) is 90.1 Å². The number of ketones is 1. The molecule has 0 amide bonds. The Morgan fingerprint density at radius 2 is 1.80 bits per heavy atom. The molecule has 0 saturated carbocycles. The third-order valence-electron chi connectivity index (χ3n) is 4.61. The minimum absolute atomic E-state index is 0.126. The van der Waals surface area contributed by atoms with Crippen LogP contribution < -0.4 is 15.8 Å². The van der Waals surface area contributed by atoms with Crippen molar-refractivity contribution < 1.29 is 9.53 Å². The molecule has 30 heavy (non-hydrogen) atoms. The van der Waals surface area contributed by atoms with E-state index in [2.05, 4.69) is 15.3 Å². The van der Waals surface area contributed by atoms with Crippen molar-refractivity contribution in [1.82, 2.24) is 9.97 Å². The van der Waals surface area contributed by atoms with E-state index in [0.29, 0.717) is 28.5 Å². The number of carbonyl (C=O) groups excluding carboxylic acids is 1. The third-order valence-corrected chi connectivity index (χ3v) is 4.61. The summed E-state index contributed by atoms with van der Waals surface area (Å²) in [7, 11) is 1.62. The molecule has 0 aliphatic heterocycles. The summed E-state index contributed by atoms with van der Waals surface area (Å²) in [4.78, 5) is 21.7. The lowest BCUT2D eigenvalue weighted by Gasteiger charge is -2.10. The minimum Gasteiger partial charge on any atom is -0.497 e. The summed E-state index contributed by atoms with van der Waals surface area (Å²) >= 11 is 0. The number of hydrogen-bond donors (Lipinski definition) is 2. The second-order valence-corrected chi connectivity index (χ2v) is 6.62. The summed E-state index contributed by atoms with van der Waals surface area (Å²) in [5.74, 6) is 1.05. The molecular formula is C24H20N4O2. The number of nitrogen functional groups attached to an aromatic ring is 1. The number of carbonyl (C=O) groups is 1. The fraction of sp³-hybridized carbons (Fsp3) is 0.0417. The predicted octanol–water partition coefficient (Wildman–Crippen LogP) is 4.71. The van der Waals surface area contributed by atoms with Crippen LogP contribution in [-0.4, -0.2) is 22.9 Å². The Hall–Kier alpha value is -4.19. The van der Waals surface area contributed by atoms with E-state index in [1.165, 1.54) is 0 Å². The van der Waals surface area contributed by atoms with Gasteiger partial charge in [-0.2, -0.15) is 0 Å². The maximum Gasteiger partial charge on any atom is 0.227 e. The zero-order chi connectivity index (χ0) is 20.9. The molecule has 148 valence electrons. The zero-order valence-corrected chi connectivity index (χ0v) is 16.4. The molecule has 3 aromatic carbocycles. The smallest absolute Gasteiger partial charge is 0.227 e. The SMILES string of the molecule is COc1cccc(Nc2nccc(-c3ccc(N)c(C(=O)c4ccccc4)c3)n2)c1. The summed E-state index contributed by atoms with van der Waals surface area (Å²) < 4.78 is 5.24. The first-order valence-electron chi connectivity index (χ1n) is 9.38. The van der Waals surface area contributed by atoms with Crippen molar-refractivity contribution >= 4 is 23.1 Å². The maximum absolute atomic E-state index is 12.9. The van der Waals surface area contributed by atoms with Crippen molar-refractivity contribution in [3.8, 4) is 17.0 Å². The Morgan fingerprint density at radius 1 is 0.967 bits per heavy atom. The molecule has 4 aromatic rings. The van der Waals surface area contributed by atoms with Crippen molar-refractivity contribution in [2.24, 2.45) is 0 Å². The van der Waals surface area contributed by atoms with Crippen LogP contribution in [0.25, 0.3) is 11.3 Å². The molecule has 0 atom stereocenters. The molecular weight excluding hydrogens is 376 g/mol. The molecule has 3 N–H and O–H groups in total. The van der Waals surface area contributed by atoms with Crippen LogP contribution in [0, 0.1) is 0 Å². The van der Waals surface area contributed by atoms with Crippen molar-refractivity contribution in [3.63, 3.8) is 0 Å². The van der Waals surface area contributed by atoms with Crippen molar-refractivity contribution in [2.75, 3.05) is 18.2 Å². The third kappa shape index (κ3) is 4.12. The van der Waals surface area contributed by atoms with Crippen LogP contribution >= 0.6 is 0 Å². The van der Waals surface area contributed by atoms with E-state index in [-0.39, 0.29) is 5.78 Å². The number of nitrogens with one attached hydrogen (secondary N) is 1. The van der Waals surface area contributed by atoms with Crippen molar-refractivity contribution in [3.05, 3.63) is 96.2 Å². The summed E-state index contributed by atoms with van der Waals surface area (Å²) in [6.07, 6.45) is 1.67. The molecule has 1 heterocycles. The molecule has 0 saturated heterocycles. The summed E-state index contributed by atoms with van der Waals surface area (Å²) in [6.45, 7) is 0. The zero-order valence-electron chi connectivity index (χ0n) is 16.4. The monoisotopic (exact) mass is 396 g/mol. The highest BCUT2D eigenvalue weighted by molar-refractivity contribution is 6.12. The second kappa shape index (κ2) is 8.45. The van der Waals surface area contributed by atoms with Crippen molar-refractivity contribution in [1.29, 1.82) is 0 Å². The van der Waals surface area contributed by atoms with Crippen LogP contribution in [0.1, 0.15) is 15.9 Å². The van der Waals surface area contributed by atoms with Crippen LogP contribution in [0.15, 0.2) is 85.1 Å². The van der Waals surface area contributed by atoms with Gasteiger partial charge in [0.15, 0.2) is 5.78 Å². The normalized spacial score (nSPS) is 10.4. The first-order valence-corrected chi connectivity index (χ1v) is 9.38. The Morgan fingerprint density at radius 3 is 2.60 bits per heavy atom. The number of methoxy groups -OCH3 is 1. The van der Waals surface area contributed by atoms with Crippen LogP contribution in [0.4, 0.5) is 17.3 Å². The van der Waals surface area contributed by atoms with Gasteiger partial charge in [-0.25, -0.2) is 9.97 Å². The number of benzene rings is 3. The quantitative estimate of drug-likeness (QED) is 0.362. The average Bonchev–Trinajstić information content (AvgIpc) is 2.80. The van der Waals surface area contributed by atoms with E-state index in [1.54, 1.807) is 43.6 Å². The molecule has 6 heteroatoms. The highest BCUT2D eigenvalue weighted by Crippen LogP contribution is 2.26. The predicted molar refractivity (Wildman–Crippen MR) is 118 cm³/mol. The molecule has 0 aliphatic rings. The molecule has 4 rings (SSSR count). The molecule has 6 nitrogen and oxygen atoms in total. The number of nitrogens with zero attached hydrogens (tertiary/aromatic N) is 2. The maximum atomic E-state index is 12.9. The van der Waals surface area contributed by atoms with Crippen LogP contribution in [0.5, 0.6) is 5.75 Å². The molecule has 0 fully saturated rings. The number of ether oxygens (including phenoxy) is 1. The Labute approximate surface area is 174 Å². The van der Waals surface area contributed by atoms with E-state index in [9.17, 15) is 4.79 Å². The number of aromatic nitrogens is 2. The van der Waals surface area contributed by atoms with Crippen molar-refractivity contribution in [2.45, 2.75) is 0 Å². The lowest BCUT2D eigenvalue weighted by Crippen LogP contribution is -2.06. The average molecular weight is 396 g/mol. The molecule has 1 aromatic heterocycles. The van der Waals surface area contributed by atoms with E-state index in [0.717, 1.165) is 17.0 Å². The van der Waals surface area contributed by atoms with E-state index in [4.69, 9.17) is 10.5 Å². The molecule has 0 spiro atoms. The first-order chi connectivity index (χ1) is 14.6. The fourth-order valence-electron chi connectivity index (χ4n) is 3.07. The summed E-state index contributed by atoms with van der Waals surface area (Å²) in [5, 5.41) is 3.17. The lowest BCUT2D eigenvalue weighted by atomic mass is 9.98. The molecule has 0 aliphatic carbocycles. The van der Waals surface area contributed by atoms with Gasteiger partial charge in [0.25, 0.3) is 0 Å². The van der Waals surface area contributed by atoms with Gasteiger partial charge in [0.05, 0.1) is 12.8 Å². The first kappa shape index (κ1) is 19.1. The van der Waals surface area contributed by atoms with Gasteiger partial charge in [-0.3, -0.25) is 4.79 Å². The lowest BCUT2D eigenvalue weighted by molar-refractivity contribution is 0.103. The minimum atomic E-state index is -0.126. The van der Waals surface area contributed by atoms with Gasteiger partial charge >= 0.3 is 0 Å². The Kier molecular flexibility index (Phi) is 5.39. The summed E-state index contributed by atoms with van der Waals surface area (Å²) in [6, 6.07) is 23.7. The Bertz CT molecular complexity index is 1190. The van der Waals surface area contributed by atoms with Crippen LogP contribution in [0.2, 0.25) is 0 Å².